The highest BCUT2D eigenvalue weighted by Crippen LogP contribution is 2.26. The highest BCUT2D eigenvalue weighted by molar-refractivity contribution is 7.11. The summed E-state index contributed by atoms with van der Waals surface area (Å²) in [5.74, 6) is 0.632. The highest BCUT2D eigenvalue weighted by Gasteiger charge is 2.28. The average Bonchev–Trinajstić information content (AvgIpc) is 3.27. The van der Waals surface area contributed by atoms with E-state index in [0.29, 0.717) is 5.92 Å². The van der Waals surface area contributed by atoms with Crippen molar-refractivity contribution < 1.29 is 4.79 Å². The van der Waals surface area contributed by atoms with E-state index < -0.39 is 0 Å². The second kappa shape index (κ2) is 6.08. The van der Waals surface area contributed by atoms with Gasteiger partial charge in [0.1, 0.15) is 4.88 Å². The van der Waals surface area contributed by atoms with Crippen LogP contribution in [-0.2, 0) is 6.42 Å². The predicted octanol–water partition coefficient (Wildman–Crippen LogP) is 3.40. The minimum absolute atomic E-state index is 0.120. The van der Waals surface area contributed by atoms with E-state index in [-0.39, 0.29) is 5.91 Å². The molecule has 3 aromatic rings. The first kappa shape index (κ1) is 14.3. The molecule has 1 saturated heterocycles. The Morgan fingerprint density at radius 1 is 1.30 bits per heavy atom. The Morgan fingerprint density at radius 2 is 2.26 bits per heavy atom. The summed E-state index contributed by atoms with van der Waals surface area (Å²) in [6.45, 7) is 1.66. The quantitative estimate of drug-likeness (QED) is 0.742. The van der Waals surface area contributed by atoms with E-state index in [1.807, 2.05) is 23.2 Å². The SMILES string of the molecule is O=C(c1cncs1)N1CC[C@@H](Cc2cccc3ncccc23)C1. The summed E-state index contributed by atoms with van der Waals surface area (Å²) in [6.07, 6.45) is 5.55. The lowest BCUT2D eigenvalue weighted by atomic mass is 9.96. The Hall–Kier alpha value is -2.27. The molecule has 1 aromatic carbocycles. The van der Waals surface area contributed by atoms with Crippen molar-refractivity contribution in [3.63, 3.8) is 0 Å². The molecule has 5 heteroatoms. The Bertz CT molecular complexity index is 826. The Labute approximate surface area is 138 Å². The maximum Gasteiger partial charge on any atom is 0.265 e. The van der Waals surface area contributed by atoms with E-state index in [1.165, 1.54) is 22.3 Å². The zero-order valence-corrected chi connectivity index (χ0v) is 13.5. The van der Waals surface area contributed by atoms with Gasteiger partial charge in [0.15, 0.2) is 0 Å². The van der Waals surface area contributed by atoms with Crippen molar-refractivity contribution in [2.75, 3.05) is 13.1 Å². The predicted molar refractivity (Wildman–Crippen MR) is 91.6 cm³/mol. The molecule has 0 N–H and O–H groups in total. The van der Waals surface area contributed by atoms with Gasteiger partial charge in [-0.3, -0.25) is 14.8 Å². The fraction of sp³-hybridized carbons (Fsp3) is 0.278. The van der Waals surface area contributed by atoms with Crippen molar-refractivity contribution in [3.05, 3.63) is 58.7 Å². The summed E-state index contributed by atoms with van der Waals surface area (Å²) in [4.78, 5) is 23.5. The van der Waals surface area contributed by atoms with Crippen molar-refractivity contribution in [1.29, 1.82) is 0 Å². The summed E-state index contributed by atoms with van der Waals surface area (Å²) in [5, 5.41) is 1.22. The van der Waals surface area contributed by atoms with Crippen LogP contribution in [0, 0.1) is 5.92 Å². The molecular formula is C18H17N3OS. The van der Waals surface area contributed by atoms with E-state index in [4.69, 9.17) is 0 Å². The molecule has 2 aromatic heterocycles. The van der Waals surface area contributed by atoms with Crippen LogP contribution < -0.4 is 0 Å². The lowest BCUT2D eigenvalue weighted by Crippen LogP contribution is -2.28. The van der Waals surface area contributed by atoms with E-state index in [9.17, 15) is 4.79 Å². The minimum atomic E-state index is 0.120. The summed E-state index contributed by atoms with van der Waals surface area (Å²) >= 11 is 1.41. The molecule has 4 nitrogen and oxygen atoms in total. The van der Waals surface area contributed by atoms with Crippen molar-refractivity contribution in [2.24, 2.45) is 5.92 Å². The van der Waals surface area contributed by atoms with Crippen molar-refractivity contribution in [3.8, 4) is 0 Å². The molecular weight excluding hydrogens is 306 g/mol. The Balaban J connectivity index is 1.49. The van der Waals surface area contributed by atoms with Gasteiger partial charge in [0.2, 0.25) is 0 Å². The highest BCUT2D eigenvalue weighted by atomic mass is 32.1. The van der Waals surface area contributed by atoms with Gasteiger partial charge >= 0.3 is 0 Å². The van der Waals surface area contributed by atoms with Crippen LogP contribution in [0.5, 0.6) is 0 Å². The van der Waals surface area contributed by atoms with Crippen molar-refractivity contribution in [2.45, 2.75) is 12.8 Å². The molecule has 1 aliphatic rings. The number of thiazole rings is 1. The van der Waals surface area contributed by atoms with Gasteiger partial charge in [0, 0.05) is 24.7 Å². The number of hydrogen-bond acceptors (Lipinski definition) is 4. The molecule has 1 atom stereocenters. The van der Waals surface area contributed by atoms with Crippen LogP contribution in [0.15, 0.2) is 48.2 Å². The van der Waals surface area contributed by atoms with Crippen LogP contribution >= 0.6 is 11.3 Å². The van der Waals surface area contributed by atoms with Gasteiger partial charge in [-0.15, -0.1) is 11.3 Å². The summed E-state index contributed by atoms with van der Waals surface area (Å²) < 4.78 is 0. The zero-order chi connectivity index (χ0) is 15.6. The number of hydrogen-bond donors (Lipinski definition) is 0. The number of rotatable bonds is 3. The number of amides is 1. The normalized spacial score (nSPS) is 17.7. The van der Waals surface area contributed by atoms with Gasteiger partial charge in [-0.05, 0) is 36.5 Å². The lowest BCUT2D eigenvalue weighted by molar-refractivity contribution is 0.0791. The van der Waals surface area contributed by atoms with E-state index in [1.54, 1.807) is 11.7 Å². The van der Waals surface area contributed by atoms with E-state index in [0.717, 1.165) is 36.3 Å². The van der Waals surface area contributed by atoms with Crippen molar-refractivity contribution in [1.82, 2.24) is 14.9 Å². The molecule has 116 valence electrons. The lowest BCUT2D eigenvalue weighted by Gasteiger charge is -2.16. The topological polar surface area (TPSA) is 46.1 Å². The van der Waals surface area contributed by atoms with Gasteiger partial charge in [0.25, 0.3) is 5.91 Å². The van der Waals surface area contributed by atoms with E-state index in [2.05, 4.69) is 28.2 Å². The standard InChI is InChI=1S/C18H17N3OS/c22-18(17-10-19-12-23-17)21-8-6-13(11-21)9-14-3-1-5-16-15(14)4-2-7-20-16/h1-5,7,10,12-13H,6,8-9,11H2/t13-/m0/s1. The number of aromatic nitrogens is 2. The summed E-state index contributed by atoms with van der Waals surface area (Å²) in [7, 11) is 0. The number of likely N-dealkylation sites (tertiary alicyclic amines) is 1. The second-order valence-corrected chi connectivity index (χ2v) is 6.85. The smallest absolute Gasteiger partial charge is 0.265 e. The van der Waals surface area contributed by atoms with Gasteiger partial charge in [-0.25, -0.2) is 0 Å². The molecule has 0 aliphatic carbocycles. The van der Waals surface area contributed by atoms with Gasteiger partial charge < -0.3 is 4.90 Å². The van der Waals surface area contributed by atoms with Gasteiger partial charge in [0.05, 0.1) is 17.2 Å². The number of carbonyl (C=O) groups is 1. The number of carbonyl (C=O) groups excluding carboxylic acids is 1. The minimum Gasteiger partial charge on any atom is -0.338 e. The third kappa shape index (κ3) is 2.84. The molecule has 4 rings (SSSR count). The summed E-state index contributed by atoms with van der Waals surface area (Å²) in [5.41, 5.74) is 4.08. The Morgan fingerprint density at radius 3 is 3.13 bits per heavy atom. The largest absolute Gasteiger partial charge is 0.338 e. The second-order valence-electron chi connectivity index (χ2n) is 5.96. The molecule has 0 unspecified atom stereocenters. The molecule has 0 radical (unpaired) electrons. The first-order valence-electron chi connectivity index (χ1n) is 7.81. The van der Waals surface area contributed by atoms with Crippen LogP contribution in [0.2, 0.25) is 0 Å². The first-order valence-corrected chi connectivity index (χ1v) is 8.69. The maximum atomic E-state index is 12.4. The molecule has 3 heterocycles. The number of nitrogens with zero attached hydrogens (tertiary/aromatic N) is 3. The Kier molecular flexibility index (Phi) is 3.79. The molecule has 1 amide bonds. The monoisotopic (exact) mass is 323 g/mol. The van der Waals surface area contributed by atoms with Crippen LogP contribution in [0.3, 0.4) is 0 Å². The number of benzene rings is 1. The van der Waals surface area contributed by atoms with Crippen LogP contribution in [-0.4, -0.2) is 33.9 Å². The van der Waals surface area contributed by atoms with Crippen molar-refractivity contribution >= 4 is 28.1 Å². The third-order valence-corrected chi connectivity index (χ3v) is 5.22. The van der Waals surface area contributed by atoms with Crippen LogP contribution in [0.25, 0.3) is 10.9 Å². The molecule has 0 saturated carbocycles. The van der Waals surface area contributed by atoms with Gasteiger partial charge in [-0.2, -0.15) is 0 Å². The van der Waals surface area contributed by atoms with E-state index >= 15 is 0 Å². The fourth-order valence-corrected chi connectivity index (χ4v) is 3.90. The average molecular weight is 323 g/mol. The summed E-state index contributed by atoms with van der Waals surface area (Å²) in [6, 6.07) is 10.4. The fourth-order valence-electron chi connectivity index (χ4n) is 3.32. The molecule has 23 heavy (non-hydrogen) atoms. The molecule has 1 aliphatic heterocycles. The third-order valence-electron chi connectivity index (χ3n) is 4.46. The molecule has 1 fully saturated rings. The number of pyridine rings is 1. The van der Waals surface area contributed by atoms with Crippen LogP contribution in [0.4, 0.5) is 0 Å². The molecule has 0 spiro atoms. The molecule has 0 bridgehead atoms. The zero-order valence-electron chi connectivity index (χ0n) is 12.7. The van der Waals surface area contributed by atoms with Gasteiger partial charge in [-0.1, -0.05) is 18.2 Å². The first-order chi connectivity index (χ1) is 11.3. The van der Waals surface area contributed by atoms with Crippen LogP contribution in [0.1, 0.15) is 21.7 Å². The number of fused-ring (bicyclic) bond motifs is 1. The maximum absolute atomic E-state index is 12.4.